The third-order valence-electron chi connectivity index (χ3n) is 2.74. The van der Waals surface area contributed by atoms with Crippen molar-refractivity contribution in [3.8, 4) is 29.7 Å². The number of terminal acetylenes is 1. The Hall–Kier alpha value is -2.24. The van der Waals surface area contributed by atoms with Crippen molar-refractivity contribution in [2.24, 2.45) is 5.41 Å². The number of rotatable bonds is 7. The van der Waals surface area contributed by atoms with Gasteiger partial charge in [0.05, 0.1) is 12.1 Å². The molecule has 0 N–H and O–H groups in total. The number of alkyl halides is 3. The number of nitriles is 2. The van der Waals surface area contributed by atoms with Crippen LogP contribution >= 0.6 is 11.3 Å². The summed E-state index contributed by atoms with van der Waals surface area (Å²) in [6.45, 7) is 0.277. The van der Waals surface area contributed by atoms with E-state index in [1.165, 1.54) is 6.20 Å². The lowest BCUT2D eigenvalue weighted by Gasteiger charge is -2.18. The van der Waals surface area contributed by atoms with Crippen LogP contribution in [0.25, 0.3) is 0 Å². The molecule has 0 atom stereocenters. The quantitative estimate of drug-likeness (QED) is 0.568. The van der Waals surface area contributed by atoms with Crippen molar-refractivity contribution in [2.75, 3.05) is 6.61 Å². The van der Waals surface area contributed by atoms with Crippen molar-refractivity contribution in [1.82, 2.24) is 4.98 Å². The zero-order valence-electron chi connectivity index (χ0n) is 11.5. The Morgan fingerprint density at radius 3 is 2.50 bits per heavy atom. The minimum atomic E-state index is -4.41. The summed E-state index contributed by atoms with van der Waals surface area (Å²) in [7, 11) is 0. The average Bonchev–Trinajstić information content (AvgIpc) is 2.90. The van der Waals surface area contributed by atoms with Crippen LogP contribution in [-0.4, -0.2) is 17.8 Å². The van der Waals surface area contributed by atoms with E-state index in [-0.39, 0.29) is 13.0 Å². The molecule has 0 fully saturated rings. The summed E-state index contributed by atoms with van der Waals surface area (Å²) in [5, 5.41) is 18.5. The lowest BCUT2D eigenvalue weighted by Crippen LogP contribution is -2.22. The molecule has 4 nitrogen and oxygen atoms in total. The maximum atomic E-state index is 12.3. The van der Waals surface area contributed by atoms with Crippen LogP contribution in [0.1, 0.15) is 24.1 Å². The van der Waals surface area contributed by atoms with Crippen LogP contribution in [0.5, 0.6) is 5.19 Å². The maximum absolute atomic E-state index is 12.3. The second kappa shape index (κ2) is 7.68. The fourth-order valence-corrected chi connectivity index (χ4v) is 2.49. The van der Waals surface area contributed by atoms with Crippen LogP contribution in [0.2, 0.25) is 0 Å². The summed E-state index contributed by atoms with van der Waals surface area (Å²) < 4.78 is 42.2. The third-order valence-corrected chi connectivity index (χ3v) is 3.65. The smallest absolute Gasteiger partial charge is 0.389 e. The van der Waals surface area contributed by atoms with Gasteiger partial charge in [-0.3, -0.25) is 0 Å². The summed E-state index contributed by atoms with van der Waals surface area (Å²) in [5.74, 6) is 2.39. The molecule has 1 heterocycles. The molecule has 0 saturated carbocycles. The molecule has 0 amide bonds. The van der Waals surface area contributed by atoms with Crippen molar-refractivity contribution in [3.05, 3.63) is 11.1 Å². The van der Waals surface area contributed by atoms with Gasteiger partial charge in [-0.1, -0.05) is 11.3 Å². The Balaban J connectivity index is 2.74. The van der Waals surface area contributed by atoms with Crippen molar-refractivity contribution in [3.63, 3.8) is 0 Å². The molecular formula is C14H12F3N3OS. The first-order chi connectivity index (χ1) is 10.3. The first-order valence-electron chi connectivity index (χ1n) is 6.24. The molecule has 0 aromatic carbocycles. The summed E-state index contributed by atoms with van der Waals surface area (Å²) in [6, 6.07) is 3.40. The van der Waals surface area contributed by atoms with Crippen LogP contribution in [0, 0.1) is 40.4 Å². The van der Waals surface area contributed by atoms with Gasteiger partial charge in [0.15, 0.2) is 0 Å². The maximum Gasteiger partial charge on any atom is 0.389 e. The Morgan fingerprint density at radius 2 is 1.95 bits per heavy atom. The lowest BCUT2D eigenvalue weighted by molar-refractivity contribution is -0.138. The van der Waals surface area contributed by atoms with Crippen molar-refractivity contribution >= 4 is 11.3 Å². The number of hydrogen-bond acceptors (Lipinski definition) is 5. The predicted molar refractivity (Wildman–Crippen MR) is 73.7 cm³/mol. The zero-order valence-corrected chi connectivity index (χ0v) is 12.3. The van der Waals surface area contributed by atoms with Gasteiger partial charge in [-0.2, -0.15) is 23.7 Å². The van der Waals surface area contributed by atoms with Gasteiger partial charge >= 0.3 is 6.18 Å². The van der Waals surface area contributed by atoms with E-state index in [4.69, 9.17) is 21.7 Å². The van der Waals surface area contributed by atoms with Gasteiger partial charge < -0.3 is 4.74 Å². The summed E-state index contributed by atoms with van der Waals surface area (Å²) in [5.41, 5.74) is -1.72. The molecule has 0 saturated heterocycles. The summed E-state index contributed by atoms with van der Waals surface area (Å²) in [4.78, 5) is 4.45. The lowest BCUT2D eigenvalue weighted by atomic mass is 9.82. The molecule has 1 aromatic heterocycles. The topological polar surface area (TPSA) is 69.7 Å². The van der Waals surface area contributed by atoms with Crippen LogP contribution in [0.4, 0.5) is 13.2 Å². The molecule has 22 heavy (non-hydrogen) atoms. The second-order valence-electron chi connectivity index (χ2n) is 4.49. The molecule has 1 aromatic rings. The van der Waals surface area contributed by atoms with Gasteiger partial charge in [0, 0.05) is 30.3 Å². The van der Waals surface area contributed by atoms with E-state index in [1.807, 2.05) is 0 Å². The molecule has 0 aliphatic heterocycles. The van der Waals surface area contributed by atoms with Crippen molar-refractivity contribution in [1.29, 1.82) is 10.5 Å². The molecule has 0 bridgehead atoms. The number of aromatic nitrogens is 1. The minimum Gasteiger partial charge on any atom is -0.469 e. The molecule has 0 spiro atoms. The standard InChI is InChI=1S/C14H12F3N3OS/c1-2-3-6-21-12-20-8-11(22-12)7-13(9-18,10-19)4-5-14(15,16)17/h1,8H,3-7H2. The molecule has 0 aliphatic carbocycles. The van der Waals surface area contributed by atoms with E-state index >= 15 is 0 Å². The SMILES string of the molecule is C#CCCOc1ncc(CC(C#N)(C#N)CCC(F)(F)F)s1. The van der Waals surface area contributed by atoms with Crippen LogP contribution in [0.3, 0.4) is 0 Å². The summed E-state index contributed by atoms with van der Waals surface area (Å²) >= 11 is 1.09. The highest BCUT2D eigenvalue weighted by Crippen LogP contribution is 2.35. The number of nitrogens with zero attached hydrogens (tertiary/aromatic N) is 3. The number of halogens is 3. The van der Waals surface area contributed by atoms with Gasteiger partial charge in [-0.05, 0) is 6.42 Å². The molecule has 8 heteroatoms. The monoisotopic (exact) mass is 327 g/mol. The molecular weight excluding hydrogens is 315 g/mol. The van der Waals surface area contributed by atoms with E-state index in [0.29, 0.717) is 16.5 Å². The second-order valence-corrected chi connectivity index (χ2v) is 5.57. The number of ether oxygens (including phenoxy) is 1. The zero-order chi connectivity index (χ0) is 16.6. The van der Waals surface area contributed by atoms with E-state index in [9.17, 15) is 13.2 Å². The molecule has 116 valence electrons. The first-order valence-corrected chi connectivity index (χ1v) is 7.06. The summed E-state index contributed by atoms with van der Waals surface area (Å²) in [6.07, 6.45) is 0.592. The number of thiazole rings is 1. The van der Waals surface area contributed by atoms with Gasteiger partial charge in [-0.15, -0.1) is 12.3 Å². The normalized spacial score (nSPS) is 11.3. The van der Waals surface area contributed by atoms with E-state index < -0.39 is 24.4 Å². The largest absolute Gasteiger partial charge is 0.469 e. The fraction of sp³-hybridized carbons (Fsp3) is 0.500. The van der Waals surface area contributed by atoms with Gasteiger partial charge in [-0.25, -0.2) is 4.98 Å². The molecule has 0 radical (unpaired) electrons. The average molecular weight is 327 g/mol. The van der Waals surface area contributed by atoms with Crippen molar-refractivity contribution < 1.29 is 17.9 Å². The Bertz CT molecular complexity index is 605. The van der Waals surface area contributed by atoms with E-state index in [0.717, 1.165) is 11.3 Å². The van der Waals surface area contributed by atoms with E-state index in [2.05, 4.69) is 10.9 Å². The fourth-order valence-electron chi connectivity index (χ4n) is 1.59. The van der Waals surface area contributed by atoms with Crippen LogP contribution < -0.4 is 4.74 Å². The highest BCUT2D eigenvalue weighted by atomic mass is 32.1. The predicted octanol–water partition coefficient (Wildman–Crippen LogP) is 3.46. The Morgan fingerprint density at radius 1 is 1.27 bits per heavy atom. The number of hydrogen-bond donors (Lipinski definition) is 0. The first kappa shape index (κ1) is 17.8. The van der Waals surface area contributed by atoms with Gasteiger partial charge in [0.1, 0.15) is 12.0 Å². The molecule has 0 aliphatic rings. The molecule has 0 unspecified atom stereocenters. The minimum absolute atomic E-state index is 0.119. The van der Waals surface area contributed by atoms with Gasteiger partial charge in [0.2, 0.25) is 0 Å². The Labute approximate surface area is 130 Å². The third kappa shape index (κ3) is 5.63. The van der Waals surface area contributed by atoms with Crippen LogP contribution in [-0.2, 0) is 6.42 Å². The van der Waals surface area contributed by atoms with Crippen LogP contribution in [0.15, 0.2) is 6.20 Å². The molecule has 1 rings (SSSR count). The Kier molecular flexibility index (Phi) is 6.22. The van der Waals surface area contributed by atoms with Gasteiger partial charge in [0.25, 0.3) is 5.19 Å². The van der Waals surface area contributed by atoms with Crippen molar-refractivity contribution in [2.45, 2.75) is 31.9 Å². The highest BCUT2D eigenvalue weighted by Gasteiger charge is 2.37. The highest BCUT2D eigenvalue weighted by molar-refractivity contribution is 7.13. The van der Waals surface area contributed by atoms with E-state index in [1.54, 1.807) is 12.1 Å².